The van der Waals surface area contributed by atoms with E-state index in [0.29, 0.717) is 16.8 Å². The SMILES string of the molecule is Cc1cc2[nH]c(=O)c(=O)[nH]c2cc1S(=O)(=O)N1C(=O)CNc2ccccc21. The molecule has 2 aromatic carbocycles. The molecule has 3 aromatic rings. The summed E-state index contributed by atoms with van der Waals surface area (Å²) in [5, 5.41) is 2.88. The number of aromatic amines is 2. The number of carbonyl (C=O) groups is 1. The van der Waals surface area contributed by atoms with E-state index >= 15 is 0 Å². The van der Waals surface area contributed by atoms with Crippen LogP contribution in [0.3, 0.4) is 0 Å². The molecule has 10 heteroatoms. The van der Waals surface area contributed by atoms with Gasteiger partial charge in [-0.1, -0.05) is 12.1 Å². The molecule has 0 radical (unpaired) electrons. The zero-order valence-corrected chi connectivity index (χ0v) is 14.9. The van der Waals surface area contributed by atoms with E-state index in [2.05, 4.69) is 15.3 Å². The highest BCUT2D eigenvalue weighted by Crippen LogP contribution is 2.34. The highest BCUT2D eigenvalue weighted by molar-refractivity contribution is 7.93. The molecule has 1 aromatic heterocycles. The van der Waals surface area contributed by atoms with Crippen LogP contribution in [0.2, 0.25) is 0 Å². The number of para-hydroxylation sites is 2. The summed E-state index contributed by atoms with van der Waals surface area (Å²) in [4.78, 5) is 40.1. The average molecular weight is 386 g/mol. The molecule has 3 N–H and O–H groups in total. The van der Waals surface area contributed by atoms with Crippen molar-refractivity contribution in [3.05, 3.63) is 62.7 Å². The maximum atomic E-state index is 13.3. The fourth-order valence-corrected chi connectivity index (χ4v) is 4.75. The molecule has 4 rings (SSSR count). The smallest absolute Gasteiger partial charge is 0.314 e. The molecule has 138 valence electrons. The normalized spacial score (nSPS) is 14.1. The van der Waals surface area contributed by atoms with Crippen molar-refractivity contribution in [2.75, 3.05) is 16.2 Å². The fourth-order valence-electron chi connectivity index (χ4n) is 3.07. The van der Waals surface area contributed by atoms with Crippen molar-refractivity contribution < 1.29 is 13.2 Å². The Labute approximate surface area is 152 Å². The first-order valence-corrected chi connectivity index (χ1v) is 9.41. The lowest BCUT2D eigenvalue weighted by molar-refractivity contribution is -0.116. The topological polar surface area (TPSA) is 132 Å². The van der Waals surface area contributed by atoms with Crippen molar-refractivity contribution in [2.45, 2.75) is 11.8 Å². The predicted octanol–water partition coefficient (Wildman–Crippen LogP) is 0.672. The number of H-pyrrole nitrogens is 2. The van der Waals surface area contributed by atoms with Crippen LogP contribution in [0.4, 0.5) is 11.4 Å². The molecule has 2 heterocycles. The Bertz CT molecular complexity index is 1320. The van der Waals surface area contributed by atoms with Crippen LogP contribution in [0, 0.1) is 6.92 Å². The molecule has 1 aliphatic rings. The van der Waals surface area contributed by atoms with Gasteiger partial charge in [-0.3, -0.25) is 14.4 Å². The summed E-state index contributed by atoms with van der Waals surface area (Å²) in [7, 11) is -4.24. The van der Waals surface area contributed by atoms with Gasteiger partial charge in [0.05, 0.1) is 33.8 Å². The van der Waals surface area contributed by atoms with Gasteiger partial charge in [-0.25, -0.2) is 8.42 Å². The zero-order chi connectivity index (χ0) is 19.3. The molecule has 0 atom stereocenters. The number of fused-ring (bicyclic) bond motifs is 2. The molecular formula is C17H14N4O5S. The number of sulfonamides is 1. The summed E-state index contributed by atoms with van der Waals surface area (Å²) >= 11 is 0. The molecule has 0 bridgehead atoms. The molecule has 0 fully saturated rings. The van der Waals surface area contributed by atoms with Crippen LogP contribution in [-0.2, 0) is 14.8 Å². The average Bonchev–Trinajstić information content (AvgIpc) is 2.62. The van der Waals surface area contributed by atoms with Crippen molar-refractivity contribution in [1.29, 1.82) is 0 Å². The number of nitrogens with one attached hydrogen (secondary N) is 3. The van der Waals surface area contributed by atoms with Crippen LogP contribution >= 0.6 is 0 Å². The van der Waals surface area contributed by atoms with Crippen LogP contribution < -0.4 is 20.7 Å². The van der Waals surface area contributed by atoms with Crippen molar-refractivity contribution in [3.8, 4) is 0 Å². The molecule has 27 heavy (non-hydrogen) atoms. The van der Waals surface area contributed by atoms with Gasteiger partial charge in [-0.05, 0) is 36.8 Å². The first kappa shape index (κ1) is 17.0. The maximum absolute atomic E-state index is 13.3. The third-order valence-corrected chi connectivity index (χ3v) is 6.19. The van der Waals surface area contributed by atoms with E-state index < -0.39 is 27.0 Å². The predicted molar refractivity (Wildman–Crippen MR) is 99.5 cm³/mol. The van der Waals surface area contributed by atoms with Gasteiger partial charge in [0.25, 0.3) is 15.9 Å². The summed E-state index contributed by atoms with van der Waals surface area (Å²) in [5.41, 5.74) is -0.196. The van der Waals surface area contributed by atoms with Crippen LogP contribution in [0.15, 0.2) is 50.9 Å². The van der Waals surface area contributed by atoms with E-state index in [4.69, 9.17) is 0 Å². The molecule has 0 saturated carbocycles. The Morgan fingerprint density at radius 2 is 1.59 bits per heavy atom. The Balaban J connectivity index is 1.96. The van der Waals surface area contributed by atoms with Crippen molar-refractivity contribution >= 4 is 38.3 Å². The minimum Gasteiger partial charge on any atom is -0.374 e. The van der Waals surface area contributed by atoms with Crippen molar-refractivity contribution in [1.82, 2.24) is 9.97 Å². The number of anilines is 2. The number of nitrogens with zero attached hydrogens (tertiary/aromatic N) is 1. The van der Waals surface area contributed by atoms with Crippen LogP contribution in [0.1, 0.15) is 5.56 Å². The Kier molecular flexibility index (Phi) is 3.67. The molecule has 0 aliphatic carbocycles. The van der Waals surface area contributed by atoms with E-state index in [1.165, 1.54) is 18.2 Å². The third kappa shape index (κ3) is 2.61. The molecule has 9 nitrogen and oxygen atoms in total. The van der Waals surface area contributed by atoms with Gasteiger partial charge in [0.15, 0.2) is 0 Å². The van der Waals surface area contributed by atoms with Gasteiger partial charge in [-0.2, -0.15) is 4.31 Å². The molecule has 1 aliphatic heterocycles. The fraction of sp³-hybridized carbons (Fsp3) is 0.118. The summed E-state index contributed by atoms with van der Waals surface area (Å²) < 4.78 is 27.3. The maximum Gasteiger partial charge on any atom is 0.314 e. The van der Waals surface area contributed by atoms with Gasteiger partial charge in [0.1, 0.15) is 0 Å². The number of aryl methyl sites for hydroxylation is 1. The molecule has 0 spiro atoms. The third-order valence-electron chi connectivity index (χ3n) is 4.32. The zero-order valence-electron chi connectivity index (χ0n) is 14.1. The van der Waals surface area contributed by atoms with E-state index in [1.807, 2.05) is 0 Å². The molecular weight excluding hydrogens is 372 g/mol. The Hall–Kier alpha value is -3.40. The minimum absolute atomic E-state index is 0.136. The quantitative estimate of drug-likeness (QED) is 0.555. The number of amides is 1. The van der Waals surface area contributed by atoms with Crippen LogP contribution in [0.25, 0.3) is 11.0 Å². The van der Waals surface area contributed by atoms with Gasteiger partial charge >= 0.3 is 11.1 Å². The standard InChI is InChI=1S/C17H14N4O5S/c1-9-6-11-12(20-17(24)16(23)19-11)7-14(9)27(25,26)21-13-5-3-2-4-10(13)18-8-15(21)22/h2-7,18H,8H2,1H3,(H,19,23)(H,20,24). The Morgan fingerprint density at radius 3 is 2.30 bits per heavy atom. The van der Waals surface area contributed by atoms with Crippen LogP contribution in [-0.4, -0.2) is 30.8 Å². The second-order valence-corrected chi connectivity index (χ2v) is 7.86. The van der Waals surface area contributed by atoms with E-state index in [0.717, 1.165) is 4.31 Å². The second-order valence-electron chi connectivity index (χ2n) is 6.11. The number of rotatable bonds is 2. The summed E-state index contributed by atoms with van der Waals surface area (Å²) in [6, 6.07) is 9.27. The Morgan fingerprint density at radius 1 is 0.963 bits per heavy atom. The van der Waals surface area contributed by atoms with Gasteiger partial charge in [-0.15, -0.1) is 0 Å². The van der Waals surface area contributed by atoms with Crippen molar-refractivity contribution in [2.24, 2.45) is 0 Å². The number of carbonyl (C=O) groups excluding carboxylic acids is 1. The second kappa shape index (κ2) is 5.81. The largest absolute Gasteiger partial charge is 0.374 e. The van der Waals surface area contributed by atoms with Crippen LogP contribution in [0.5, 0.6) is 0 Å². The lowest BCUT2D eigenvalue weighted by atomic mass is 10.2. The molecule has 1 amide bonds. The first-order valence-electron chi connectivity index (χ1n) is 7.97. The summed E-state index contributed by atoms with van der Waals surface area (Å²) in [6.07, 6.45) is 0. The number of benzene rings is 2. The highest BCUT2D eigenvalue weighted by atomic mass is 32.2. The number of aromatic nitrogens is 2. The molecule has 0 unspecified atom stereocenters. The number of hydrogen-bond donors (Lipinski definition) is 3. The first-order chi connectivity index (χ1) is 12.8. The summed E-state index contributed by atoms with van der Waals surface area (Å²) in [6.45, 7) is 1.39. The molecule has 0 saturated heterocycles. The van der Waals surface area contributed by atoms with Crippen molar-refractivity contribution in [3.63, 3.8) is 0 Å². The minimum atomic E-state index is -4.24. The highest BCUT2D eigenvalue weighted by Gasteiger charge is 2.36. The lowest BCUT2D eigenvalue weighted by Gasteiger charge is -2.29. The summed E-state index contributed by atoms with van der Waals surface area (Å²) in [5.74, 6) is -0.622. The van der Waals surface area contributed by atoms with E-state index in [9.17, 15) is 22.8 Å². The monoisotopic (exact) mass is 386 g/mol. The van der Waals surface area contributed by atoms with Gasteiger partial charge < -0.3 is 15.3 Å². The lowest BCUT2D eigenvalue weighted by Crippen LogP contribution is -2.44. The number of hydrogen-bond acceptors (Lipinski definition) is 6. The van der Waals surface area contributed by atoms with E-state index in [1.54, 1.807) is 25.1 Å². The van der Waals surface area contributed by atoms with Gasteiger partial charge in [0, 0.05) is 0 Å². The van der Waals surface area contributed by atoms with E-state index in [-0.39, 0.29) is 22.6 Å². The van der Waals surface area contributed by atoms with Gasteiger partial charge in [0.2, 0.25) is 0 Å².